The van der Waals surface area contributed by atoms with Gasteiger partial charge in [-0.2, -0.15) is 0 Å². The third-order valence-corrected chi connectivity index (χ3v) is 3.12. The molecule has 2 rings (SSSR count). The summed E-state index contributed by atoms with van der Waals surface area (Å²) in [7, 11) is 0. The lowest BCUT2D eigenvalue weighted by molar-refractivity contribution is 0.112. The molecule has 0 aromatic heterocycles. The second-order valence-corrected chi connectivity index (χ2v) is 4.41. The predicted octanol–water partition coefficient (Wildman–Crippen LogP) is 4.17. The number of halogens is 1. The normalized spacial score (nSPS) is 10.1. The summed E-state index contributed by atoms with van der Waals surface area (Å²) in [5, 5.41) is 0. The summed E-state index contributed by atoms with van der Waals surface area (Å²) in [5.41, 5.74) is 2.11. The van der Waals surface area contributed by atoms with Gasteiger partial charge in [-0.1, -0.05) is 43.0 Å². The van der Waals surface area contributed by atoms with E-state index >= 15 is 0 Å². The molecule has 0 aliphatic rings. The summed E-state index contributed by atoms with van der Waals surface area (Å²) in [6.07, 6.45) is 2.15. The van der Waals surface area contributed by atoms with Crippen LogP contribution in [0.25, 0.3) is 6.08 Å². The fourth-order valence-corrected chi connectivity index (χ4v) is 1.97. The zero-order valence-electron chi connectivity index (χ0n) is 11.2. The molecule has 2 aromatic rings. The quantitative estimate of drug-likeness (QED) is 0.762. The maximum atomic E-state index is 14.2. The van der Waals surface area contributed by atoms with Gasteiger partial charge in [0.05, 0.1) is 0 Å². The number of hydrogen-bond donors (Lipinski definition) is 0. The van der Waals surface area contributed by atoms with Gasteiger partial charge in [-0.3, -0.25) is 4.79 Å². The van der Waals surface area contributed by atoms with Gasteiger partial charge in [-0.15, -0.1) is 0 Å². The molecule has 0 saturated heterocycles. The Balaban J connectivity index is 2.30. The first kappa shape index (κ1) is 14.0. The fraction of sp³-hybridized carbons (Fsp3) is 0.118. The molecule has 2 nitrogen and oxygen atoms in total. The summed E-state index contributed by atoms with van der Waals surface area (Å²) in [6.45, 7) is 5.46. The number of carbonyl (C=O) groups is 1. The molecule has 0 N–H and O–H groups in total. The molecule has 0 atom stereocenters. The highest BCUT2D eigenvalue weighted by atomic mass is 19.1. The van der Waals surface area contributed by atoms with Crippen LogP contribution in [-0.2, 0) is 6.61 Å². The lowest BCUT2D eigenvalue weighted by Crippen LogP contribution is -2.02. The first-order chi connectivity index (χ1) is 9.67. The van der Waals surface area contributed by atoms with Crippen LogP contribution in [0.15, 0.2) is 43.0 Å². The molecule has 0 unspecified atom stereocenters. The second-order valence-electron chi connectivity index (χ2n) is 4.41. The Labute approximate surface area is 117 Å². The van der Waals surface area contributed by atoms with Gasteiger partial charge in [0.2, 0.25) is 0 Å². The minimum absolute atomic E-state index is 0.131. The highest BCUT2D eigenvalue weighted by Gasteiger charge is 2.14. The molecule has 102 valence electrons. The van der Waals surface area contributed by atoms with Gasteiger partial charge in [-0.25, -0.2) is 4.39 Å². The highest BCUT2D eigenvalue weighted by molar-refractivity contribution is 5.84. The van der Waals surface area contributed by atoms with Gasteiger partial charge < -0.3 is 4.74 Å². The highest BCUT2D eigenvalue weighted by Crippen LogP contribution is 2.27. The van der Waals surface area contributed by atoms with E-state index in [1.807, 2.05) is 30.3 Å². The molecule has 2 aromatic carbocycles. The lowest BCUT2D eigenvalue weighted by Gasteiger charge is -2.12. The largest absolute Gasteiger partial charge is 0.486 e. The maximum absolute atomic E-state index is 14.2. The van der Waals surface area contributed by atoms with Crippen molar-refractivity contribution >= 4 is 12.4 Å². The van der Waals surface area contributed by atoms with Crippen LogP contribution >= 0.6 is 0 Å². The van der Waals surface area contributed by atoms with E-state index in [2.05, 4.69) is 6.58 Å². The first-order valence-corrected chi connectivity index (χ1v) is 6.24. The van der Waals surface area contributed by atoms with Crippen LogP contribution in [0.3, 0.4) is 0 Å². The monoisotopic (exact) mass is 270 g/mol. The van der Waals surface area contributed by atoms with Gasteiger partial charge in [0.15, 0.2) is 17.9 Å². The Morgan fingerprint density at radius 1 is 1.30 bits per heavy atom. The molecule has 0 saturated carbocycles. The second kappa shape index (κ2) is 6.15. The number of benzene rings is 2. The Bertz CT molecular complexity index is 633. The van der Waals surface area contributed by atoms with Crippen LogP contribution in [0, 0.1) is 12.7 Å². The molecule has 0 amide bonds. The Kier molecular flexibility index (Phi) is 4.31. The van der Waals surface area contributed by atoms with Crippen LogP contribution in [-0.4, -0.2) is 6.29 Å². The summed E-state index contributed by atoms with van der Waals surface area (Å²) in [4.78, 5) is 11.0. The van der Waals surface area contributed by atoms with Crippen molar-refractivity contribution in [3.8, 4) is 5.75 Å². The molecule has 0 aliphatic carbocycles. The molecule has 0 radical (unpaired) electrons. The predicted molar refractivity (Wildman–Crippen MR) is 77.4 cm³/mol. The van der Waals surface area contributed by atoms with Crippen LogP contribution in [0.4, 0.5) is 4.39 Å². The van der Waals surface area contributed by atoms with Crippen molar-refractivity contribution in [1.82, 2.24) is 0 Å². The zero-order chi connectivity index (χ0) is 14.5. The van der Waals surface area contributed by atoms with E-state index in [1.165, 1.54) is 12.1 Å². The van der Waals surface area contributed by atoms with Crippen molar-refractivity contribution in [2.75, 3.05) is 0 Å². The topological polar surface area (TPSA) is 26.3 Å². The van der Waals surface area contributed by atoms with E-state index in [9.17, 15) is 9.18 Å². The minimum Gasteiger partial charge on any atom is -0.486 e. The number of hydrogen-bond acceptors (Lipinski definition) is 2. The molecular weight excluding hydrogens is 255 g/mol. The molecule has 0 fully saturated rings. The van der Waals surface area contributed by atoms with Crippen molar-refractivity contribution in [1.29, 1.82) is 0 Å². The van der Waals surface area contributed by atoms with Crippen molar-refractivity contribution in [3.63, 3.8) is 0 Å². The van der Waals surface area contributed by atoms with E-state index in [-0.39, 0.29) is 17.9 Å². The third kappa shape index (κ3) is 2.77. The first-order valence-electron chi connectivity index (χ1n) is 6.24. The standard InChI is InChI=1S/C17H15FO2/c1-3-14-9-16(17(18)12(2)15(14)10-19)20-11-13-7-5-4-6-8-13/h3-10H,1,11H2,2H3. The average Bonchev–Trinajstić information content (AvgIpc) is 2.49. The summed E-state index contributed by atoms with van der Waals surface area (Å²) in [6, 6.07) is 11.0. The van der Waals surface area contributed by atoms with Gasteiger partial charge in [0.1, 0.15) is 6.61 Å². The van der Waals surface area contributed by atoms with Crippen LogP contribution in [0.1, 0.15) is 27.0 Å². The van der Waals surface area contributed by atoms with Crippen molar-refractivity contribution in [3.05, 3.63) is 71.0 Å². The molecule has 0 spiro atoms. The summed E-state index contributed by atoms with van der Waals surface area (Å²) < 4.78 is 19.7. The van der Waals surface area contributed by atoms with Crippen LogP contribution in [0.2, 0.25) is 0 Å². The van der Waals surface area contributed by atoms with E-state index < -0.39 is 5.82 Å². The number of carbonyl (C=O) groups excluding carboxylic acids is 1. The Hall–Kier alpha value is -2.42. The molecule has 0 aliphatic heterocycles. The average molecular weight is 270 g/mol. The number of rotatable bonds is 5. The Morgan fingerprint density at radius 3 is 2.60 bits per heavy atom. The van der Waals surface area contributed by atoms with E-state index in [0.717, 1.165) is 5.56 Å². The van der Waals surface area contributed by atoms with E-state index in [4.69, 9.17) is 4.74 Å². The van der Waals surface area contributed by atoms with Gasteiger partial charge >= 0.3 is 0 Å². The smallest absolute Gasteiger partial charge is 0.168 e. The van der Waals surface area contributed by atoms with Gasteiger partial charge in [-0.05, 0) is 29.7 Å². The maximum Gasteiger partial charge on any atom is 0.168 e. The SMILES string of the molecule is C=Cc1cc(OCc2ccccc2)c(F)c(C)c1C=O. The van der Waals surface area contributed by atoms with E-state index in [1.54, 1.807) is 6.92 Å². The van der Waals surface area contributed by atoms with Gasteiger partial charge in [0, 0.05) is 5.56 Å². The molecule has 3 heteroatoms. The van der Waals surface area contributed by atoms with Crippen LogP contribution < -0.4 is 4.74 Å². The van der Waals surface area contributed by atoms with Crippen molar-refractivity contribution in [2.24, 2.45) is 0 Å². The molecule has 20 heavy (non-hydrogen) atoms. The van der Waals surface area contributed by atoms with Gasteiger partial charge in [0.25, 0.3) is 0 Å². The molecule has 0 heterocycles. The molecule has 0 bridgehead atoms. The Morgan fingerprint density at radius 2 is 2.00 bits per heavy atom. The van der Waals surface area contributed by atoms with Crippen molar-refractivity contribution < 1.29 is 13.9 Å². The van der Waals surface area contributed by atoms with E-state index in [0.29, 0.717) is 17.4 Å². The lowest BCUT2D eigenvalue weighted by atomic mass is 10.0. The summed E-state index contributed by atoms with van der Waals surface area (Å²) in [5.74, 6) is -0.375. The third-order valence-electron chi connectivity index (χ3n) is 3.12. The summed E-state index contributed by atoms with van der Waals surface area (Å²) >= 11 is 0. The minimum atomic E-state index is -0.506. The van der Waals surface area contributed by atoms with Crippen molar-refractivity contribution in [2.45, 2.75) is 13.5 Å². The number of aldehydes is 1. The zero-order valence-corrected chi connectivity index (χ0v) is 11.2. The fourth-order valence-electron chi connectivity index (χ4n) is 1.97. The number of ether oxygens (including phenoxy) is 1. The van der Waals surface area contributed by atoms with Crippen LogP contribution in [0.5, 0.6) is 5.75 Å². The molecular formula is C17H15FO2.